The molecule has 0 aliphatic carbocycles. The zero-order valence-electron chi connectivity index (χ0n) is 37.8. The minimum Gasteiger partial charge on any atom is -0.309 e. The largest absolute Gasteiger partial charge is 0.309 e. The molecule has 0 atom stereocenters. The number of hydrogen-bond acceptors (Lipinski definition) is 2. The standard InChI is InChI=1S/C56H56ClF2N3/c1-35-19-27-48(45(58)29-35)60(40-23-21-37(22-24-40)54(3,4)5)50-17-14-18-51(53(50)57)61(49-28-20-36(2)30-46(49)59)41-25-26-44-43-15-12-13-16-47(43)62(52(44)34-41)42-32-38(55(6,7)8)31-39(33-42)56(9,10)11/h12-34H,1-11H3. The molecule has 8 rings (SSSR count). The van der Waals surface area contributed by atoms with Crippen LogP contribution in [0.1, 0.15) is 90.1 Å². The minimum atomic E-state index is -0.390. The first-order valence-corrected chi connectivity index (χ1v) is 21.8. The highest BCUT2D eigenvalue weighted by atomic mass is 35.5. The molecule has 1 heterocycles. The third kappa shape index (κ3) is 7.99. The van der Waals surface area contributed by atoms with E-state index in [4.69, 9.17) is 11.6 Å². The summed E-state index contributed by atoms with van der Waals surface area (Å²) in [6.45, 7) is 23.8. The van der Waals surface area contributed by atoms with Gasteiger partial charge in [0.1, 0.15) is 11.6 Å². The second-order valence-corrected chi connectivity index (χ2v) is 20.2. The van der Waals surface area contributed by atoms with Gasteiger partial charge in [0.05, 0.1) is 38.8 Å². The van der Waals surface area contributed by atoms with Gasteiger partial charge in [0.2, 0.25) is 0 Å². The predicted octanol–water partition coefficient (Wildman–Crippen LogP) is 17.2. The number of anilines is 6. The molecule has 0 amide bonds. The van der Waals surface area contributed by atoms with Crippen LogP contribution in [0.4, 0.5) is 42.9 Å². The average Bonchev–Trinajstić information content (AvgIpc) is 3.53. The van der Waals surface area contributed by atoms with Crippen molar-refractivity contribution in [3.05, 3.63) is 184 Å². The molecule has 1 aromatic heterocycles. The molecule has 0 fully saturated rings. The van der Waals surface area contributed by atoms with Gasteiger partial charge in [-0.3, -0.25) is 0 Å². The first-order valence-electron chi connectivity index (χ1n) is 21.4. The lowest BCUT2D eigenvalue weighted by Crippen LogP contribution is -2.17. The van der Waals surface area contributed by atoms with Crippen molar-refractivity contribution in [2.24, 2.45) is 0 Å². The van der Waals surface area contributed by atoms with Crippen LogP contribution in [0, 0.1) is 25.5 Å². The molecule has 316 valence electrons. The van der Waals surface area contributed by atoms with Crippen molar-refractivity contribution in [3.63, 3.8) is 0 Å². The van der Waals surface area contributed by atoms with Crippen molar-refractivity contribution >= 4 is 67.5 Å². The van der Waals surface area contributed by atoms with Crippen LogP contribution < -0.4 is 9.80 Å². The molecular weight excluding hydrogens is 788 g/mol. The monoisotopic (exact) mass is 843 g/mol. The van der Waals surface area contributed by atoms with Gasteiger partial charge < -0.3 is 14.4 Å². The Kier molecular flexibility index (Phi) is 10.9. The summed E-state index contributed by atoms with van der Waals surface area (Å²) in [5.41, 5.74) is 11.3. The van der Waals surface area contributed by atoms with Crippen molar-refractivity contribution in [1.29, 1.82) is 0 Å². The number of aromatic nitrogens is 1. The lowest BCUT2D eigenvalue weighted by Gasteiger charge is -2.31. The highest BCUT2D eigenvalue weighted by Gasteiger charge is 2.28. The molecule has 0 bridgehead atoms. The van der Waals surface area contributed by atoms with Crippen molar-refractivity contribution in [1.82, 2.24) is 4.57 Å². The number of rotatable bonds is 7. The molecule has 6 heteroatoms. The SMILES string of the molecule is Cc1ccc(N(c2ccc(C(C)(C)C)cc2)c2cccc(N(c3ccc4c5ccccc5n(-c5cc(C(C)(C)C)cc(C(C)(C)C)c5)c4c3)c3ccc(C)cc3F)c2Cl)c(F)c1. The summed E-state index contributed by atoms with van der Waals surface area (Å²) in [5.74, 6) is -0.768. The fourth-order valence-electron chi connectivity index (χ4n) is 8.35. The van der Waals surface area contributed by atoms with Gasteiger partial charge in [-0.05, 0) is 137 Å². The molecule has 0 saturated carbocycles. The average molecular weight is 845 g/mol. The van der Waals surface area contributed by atoms with Gasteiger partial charge in [-0.15, -0.1) is 0 Å². The third-order valence-corrected chi connectivity index (χ3v) is 12.3. The van der Waals surface area contributed by atoms with Crippen molar-refractivity contribution < 1.29 is 8.78 Å². The van der Waals surface area contributed by atoms with E-state index in [1.165, 1.54) is 17.2 Å². The van der Waals surface area contributed by atoms with Gasteiger partial charge in [-0.25, -0.2) is 8.78 Å². The van der Waals surface area contributed by atoms with Crippen LogP contribution in [0.2, 0.25) is 5.02 Å². The van der Waals surface area contributed by atoms with Crippen molar-refractivity contribution in [3.8, 4) is 5.69 Å². The van der Waals surface area contributed by atoms with Gasteiger partial charge in [-0.2, -0.15) is 0 Å². The molecule has 0 spiro atoms. The lowest BCUT2D eigenvalue weighted by atomic mass is 9.80. The smallest absolute Gasteiger partial charge is 0.147 e. The van der Waals surface area contributed by atoms with E-state index in [-0.39, 0.29) is 27.9 Å². The number of nitrogens with zero attached hydrogens (tertiary/aromatic N) is 3. The van der Waals surface area contributed by atoms with Crippen LogP contribution in [0.25, 0.3) is 27.5 Å². The summed E-state index contributed by atoms with van der Waals surface area (Å²) in [6, 6.07) is 46.1. The summed E-state index contributed by atoms with van der Waals surface area (Å²) in [4.78, 5) is 3.74. The Bertz CT molecular complexity index is 2940. The van der Waals surface area contributed by atoms with Crippen LogP contribution in [-0.2, 0) is 16.2 Å². The van der Waals surface area contributed by atoms with E-state index in [1.54, 1.807) is 18.2 Å². The van der Waals surface area contributed by atoms with E-state index in [0.29, 0.717) is 33.5 Å². The van der Waals surface area contributed by atoms with Gasteiger partial charge >= 0.3 is 0 Å². The number of halogens is 3. The lowest BCUT2D eigenvalue weighted by molar-refractivity contribution is 0.568. The highest BCUT2D eigenvalue weighted by Crippen LogP contribution is 2.49. The van der Waals surface area contributed by atoms with Crippen LogP contribution in [0.3, 0.4) is 0 Å². The molecule has 62 heavy (non-hydrogen) atoms. The van der Waals surface area contributed by atoms with Gasteiger partial charge in [-0.1, -0.05) is 135 Å². The molecule has 0 aliphatic rings. The Hall–Kier alpha value is -5.91. The quantitative estimate of drug-likeness (QED) is 0.158. The normalized spacial score (nSPS) is 12.4. The number of benzene rings is 7. The maximum atomic E-state index is 16.6. The number of para-hydroxylation sites is 1. The summed E-state index contributed by atoms with van der Waals surface area (Å²) in [7, 11) is 0. The van der Waals surface area contributed by atoms with Gasteiger partial charge in [0.15, 0.2) is 0 Å². The van der Waals surface area contributed by atoms with Gasteiger partial charge in [0, 0.05) is 27.8 Å². The number of fused-ring (bicyclic) bond motifs is 3. The molecule has 0 saturated heterocycles. The van der Waals surface area contributed by atoms with E-state index >= 15 is 8.78 Å². The Morgan fingerprint density at radius 1 is 0.435 bits per heavy atom. The fourth-order valence-corrected chi connectivity index (χ4v) is 8.64. The first kappa shape index (κ1) is 42.8. The molecule has 0 radical (unpaired) electrons. The Morgan fingerprint density at radius 2 is 0.919 bits per heavy atom. The maximum Gasteiger partial charge on any atom is 0.147 e. The molecule has 0 N–H and O–H groups in total. The van der Waals surface area contributed by atoms with Crippen LogP contribution in [-0.4, -0.2) is 4.57 Å². The summed E-state index contributed by atoms with van der Waals surface area (Å²) in [6.07, 6.45) is 0. The van der Waals surface area contributed by atoms with E-state index < -0.39 is 0 Å². The molecule has 0 unspecified atom stereocenters. The fraction of sp³-hybridized carbons (Fsp3) is 0.250. The van der Waals surface area contributed by atoms with Crippen LogP contribution in [0.15, 0.2) is 140 Å². The van der Waals surface area contributed by atoms with Crippen LogP contribution in [0.5, 0.6) is 0 Å². The molecule has 7 aromatic carbocycles. The Balaban J connectivity index is 1.40. The zero-order chi connectivity index (χ0) is 44.5. The second-order valence-electron chi connectivity index (χ2n) is 19.8. The summed E-state index contributed by atoms with van der Waals surface area (Å²) < 4.78 is 35.1. The number of aryl methyl sites for hydroxylation is 2. The van der Waals surface area contributed by atoms with Crippen LogP contribution >= 0.6 is 11.6 Å². The molecule has 0 aliphatic heterocycles. The van der Waals surface area contributed by atoms with E-state index in [2.05, 4.69) is 134 Å². The highest BCUT2D eigenvalue weighted by molar-refractivity contribution is 6.36. The third-order valence-electron chi connectivity index (χ3n) is 11.9. The van der Waals surface area contributed by atoms with Crippen molar-refractivity contribution in [2.45, 2.75) is 92.4 Å². The number of hydrogen-bond donors (Lipinski definition) is 0. The maximum absolute atomic E-state index is 16.6. The second kappa shape index (κ2) is 15.8. The molecule has 3 nitrogen and oxygen atoms in total. The Labute approximate surface area is 371 Å². The summed E-state index contributed by atoms with van der Waals surface area (Å²) in [5, 5.41) is 2.53. The summed E-state index contributed by atoms with van der Waals surface area (Å²) >= 11 is 7.67. The zero-order valence-corrected chi connectivity index (χ0v) is 38.5. The first-order chi connectivity index (χ1) is 29.2. The van der Waals surface area contributed by atoms with Crippen molar-refractivity contribution in [2.75, 3.05) is 9.80 Å². The van der Waals surface area contributed by atoms with E-state index in [0.717, 1.165) is 49.9 Å². The van der Waals surface area contributed by atoms with Gasteiger partial charge in [0.25, 0.3) is 0 Å². The molecule has 8 aromatic rings. The molecular formula is C56H56ClF2N3. The minimum absolute atomic E-state index is 0.0777. The van der Waals surface area contributed by atoms with E-state index in [1.807, 2.05) is 72.2 Å². The topological polar surface area (TPSA) is 11.4 Å². The Morgan fingerprint density at radius 3 is 1.44 bits per heavy atom. The van der Waals surface area contributed by atoms with E-state index in [9.17, 15) is 0 Å². The predicted molar refractivity (Wildman–Crippen MR) is 261 cm³/mol.